The average molecular weight is 882 g/mol. The summed E-state index contributed by atoms with van der Waals surface area (Å²) in [5, 5.41) is 11.1. The van der Waals surface area contributed by atoms with Gasteiger partial charge in [-0.3, -0.25) is 0 Å². The highest BCUT2D eigenvalue weighted by atomic mass is 28.3. The van der Waals surface area contributed by atoms with Crippen LogP contribution in [0.2, 0.25) is 26.2 Å². The van der Waals surface area contributed by atoms with Crippen LogP contribution in [0.15, 0.2) is 185 Å². The van der Waals surface area contributed by atoms with Crippen LogP contribution in [0.1, 0.15) is 25.0 Å². The zero-order valence-corrected chi connectivity index (χ0v) is 40.0. The fourth-order valence-electron chi connectivity index (χ4n) is 12.7. The molecule has 9 aromatic carbocycles. The molecule has 0 N–H and O–H groups in total. The number of hydrogen-bond acceptors (Lipinski definition) is 3. The molecule has 0 atom stereocenters. The van der Waals surface area contributed by atoms with Crippen molar-refractivity contribution >= 4 is 97.8 Å². The summed E-state index contributed by atoms with van der Waals surface area (Å²) >= 11 is 0. The molecule has 14 rings (SSSR count). The van der Waals surface area contributed by atoms with Crippen LogP contribution in [0.3, 0.4) is 0 Å². The fraction of sp³-hybridized carbons (Fsp3) is 0.115. The predicted octanol–water partition coefficient (Wildman–Crippen LogP) is 14.5. The first-order valence-electron chi connectivity index (χ1n) is 23.3. The number of hydrogen-bond donors (Lipinski definition) is 0. The molecule has 0 bridgehead atoms. The van der Waals surface area contributed by atoms with E-state index in [1.165, 1.54) is 82.3 Å². The third kappa shape index (κ3) is 4.81. The first-order valence-corrected chi connectivity index (χ1v) is 29.3. The summed E-state index contributed by atoms with van der Waals surface area (Å²) in [7, 11) is -4.44. The Morgan fingerprint density at radius 1 is 0.409 bits per heavy atom. The van der Waals surface area contributed by atoms with Crippen molar-refractivity contribution in [1.82, 2.24) is 0 Å². The third-order valence-electron chi connectivity index (χ3n) is 15.8. The van der Waals surface area contributed by atoms with Crippen molar-refractivity contribution < 1.29 is 8.83 Å². The molecule has 2 aromatic heterocycles. The van der Waals surface area contributed by atoms with Gasteiger partial charge in [0.05, 0.1) is 0 Å². The van der Waals surface area contributed by atoms with Crippen LogP contribution < -0.4 is 25.6 Å². The second kappa shape index (κ2) is 13.0. The minimum absolute atomic E-state index is 0.277. The smallest absolute Gasteiger partial charge is 0.143 e. The van der Waals surface area contributed by atoms with E-state index in [1.54, 1.807) is 10.4 Å². The molecule has 0 saturated heterocycles. The number of furan rings is 2. The molecular weight excluding hydrogens is 835 g/mol. The Kier molecular flexibility index (Phi) is 7.51. The van der Waals surface area contributed by atoms with Crippen LogP contribution in [-0.2, 0) is 5.41 Å². The van der Waals surface area contributed by atoms with Crippen LogP contribution in [0.5, 0.6) is 0 Å². The number of fused-ring (bicyclic) bond motifs is 19. The Morgan fingerprint density at radius 3 is 1.68 bits per heavy atom. The van der Waals surface area contributed by atoms with Gasteiger partial charge >= 0.3 is 0 Å². The zero-order valence-electron chi connectivity index (χ0n) is 38.0. The van der Waals surface area contributed by atoms with Gasteiger partial charge in [-0.2, -0.15) is 0 Å². The van der Waals surface area contributed by atoms with Crippen molar-refractivity contribution in [1.29, 1.82) is 0 Å². The number of para-hydroxylation sites is 3. The Bertz CT molecular complexity index is 3910. The van der Waals surface area contributed by atoms with Crippen molar-refractivity contribution in [3.63, 3.8) is 0 Å². The highest BCUT2D eigenvalue weighted by Crippen LogP contribution is 2.56. The lowest BCUT2D eigenvalue weighted by Gasteiger charge is -2.30. The van der Waals surface area contributed by atoms with E-state index >= 15 is 0 Å². The van der Waals surface area contributed by atoms with E-state index in [0.29, 0.717) is 0 Å². The van der Waals surface area contributed by atoms with E-state index in [9.17, 15) is 0 Å². The molecule has 1 aliphatic carbocycles. The molecule has 0 saturated carbocycles. The van der Waals surface area contributed by atoms with E-state index in [0.717, 1.165) is 44.7 Å². The molecule has 0 amide bonds. The normalized spacial score (nSPS) is 15.5. The molecule has 316 valence electrons. The van der Waals surface area contributed by atoms with Gasteiger partial charge in [0.2, 0.25) is 0 Å². The molecule has 3 aliphatic rings. The standard InChI is InChI=1S/C61H47NO2Si2/c1-61(2)46-33-38(29-31-40(46)52-47(61)35-45(36-19-9-7-10-20-36)57-53(52)41-23-13-16-26-48(41)63-57)62(37-21-11-8-12-22-37)39-30-32-44-51(34-39)66(5,6)59-55(44)54-42-24-14-17-27-49(42)64-58(54)56-43-25-15-18-28-50(43)65(3,4)60(56)59/h7-35H,1-6H3. The summed E-state index contributed by atoms with van der Waals surface area (Å²) in [4.78, 5) is 2.49. The monoisotopic (exact) mass is 881 g/mol. The SMILES string of the molecule is CC1(C)c2cc(N(c3ccccc3)c3ccc4c(c3)[Si](C)(C)c3c5c(c6oc7ccccc7c6c3-4)-c3ccccc3[Si]5(C)C)ccc2-c2c1cc(-c1ccccc1)c1oc3ccccc3c21. The second-order valence-electron chi connectivity index (χ2n) is 20.4. The Labute approximate surface area is 386 Å². The van der Waals surface area contributed by atoms with Gasteiger partial charge < -0.3 is 13.7 Å². The molecule has 0 unspecified atom stereocenters. The Hall–Kier alpha value is -7.19. The maximum absolute atomic E-state index is 7.00. The molecule has 0 spiro atoms. The molecule has 3 nitrogen and oxygen atoms in total. The van der Waals surface area contributed by atoms with E-state index in [-0.39, 0.29) is 5.41 Å². The van der Waals surface area contributed by atoms with E-state index in [2.05, 4.69) is 221 Å². The Morgan fingerprint density at radius 2 is 0.955 bits per heavy atom. The van der Waals surface area contributed by atoms with E-state index in [4.69, 9.17) is 8.83 Å². The predicted molar refractivity (Wildman–Crippen MR) is 283 cm³/mol. The third-order valence-corrected chi connectivity index (χ3v) is 23.1. The van der Waals surface area contributed by atoms with Gasteiger partial charge in [-0.1, -0.05) is 161 Å². The number of anilines is 3. The van der Waals surface area contributed by atoms with Crippen LogP contribution in [0.25, 0.3) is 88.4 Å². The summed E-state index contributed by atoms with van der Waals surface area (Å²) in [6.45, 7) is 15.2. The highest BCUT2D eigenvalue weighted by Gasteiger charge is 2.50. The number of rotatable bonds is 4. The molecule has 0 fully saturated rings. The maximum atomic E-state index is 7.00. The molecular formula is C61H47NO2Si2. The van der Waals surface area contributed by atoms with Gasteiger partial charge in [-0.15, -0.1) is 0 Å². The first kappa shape index (κ1) is 38.1. The van der Waals surface area contributed by atoms with Gasteiger partial charge in [0.25, 0.3) is 0 Å². The van der Waals surface area contributed by atoms with Gasteiger partial charge in [-0.05, 0) is 120 Å². The van der Waals surface area contributed by atoms with Crippen LogP contribution in [0.4, 0.5) is 17.1 Å². The van der Waals surface area contributed by atoms with Crippen LogP contribution >= 0.6 is 0 Å². The lowest BCUT2D eigenvalue weighted by atomic mass is 9.81. The first-order chi connectivity index (χ1) is 32.0. The number of nitrogens with zero attached hydrogens (tertiary/aromatic N) is 1. The number of benzene rings is 9. The van der Waals surface area contributed by atoms with Crippen molar-refractivity contribution in [3.05, 3.63) is 187 Å². The summed E-state index contributed by atoms with van der Waals surface area (Å²) in [6.07, 6.45) is 0. The fourth-order valence-corrected chi connectivity index (χ4v) is 21.2. The van der Waals surface area contributed by atoms with Crippen molar-refractivity contribution in [2.24, 2.45) is 0 Å². The minimum Gasteiger partial charge on any atom is -0.455 e. The van der Waals surface area contributed by atoms with Crippen LogP contribution in [0, 0.1) is 0 Å². The molecule has 5 heteroatoms. The molecule has 0 radical (unpaired) electrons. The Balaban J connectivity index is 0.984. The van der Waals surface area contributed by atoms with Crippen molar-refractivity contribution in [2.75, 3.05) is 4.90 Å². The topological polar surface area (TPSA) is 29.5 Å². The molecule has 2 aliphatic heterocycles. The highest BCUT2D eigenvalue weighted by molar-refractivity contribution is 7.13. The van der Waals surface area contributed by atoms with Gasteiger partial charge in [0.15, 0.2) is 0 Å². The summed E-state index contributed by atoms with van der Waals surface area (Å²) in [5.41, 5.74) is 20.1. The van der Waals surface area contributed by atoms with Gasteiger partial charge in [0, 0.05) is 55.1 Å². The van der Waals surface area contributed by atoms with E-state index < -0.39 is 16.1 Å². The van der Waals surface area contributed by atoms with Crippen LogP contribution in [-0.4, -0.2) is 16.1 Å². The minimum atomic E-state index is -2.32. The van der Waals surface area contributed by atoms with Gasteiger partial charge in [0.1, 0.15) is 38.5 Å². The van der Waals surface area contributed by atoms with Crippen molar-refractivity contribution in [3.8, 4) is 44.5 Å². The maximum Gasteiger partial charge on any atom is 0.143 e. The largest absolute Gasteiger partial charge is 0.455 e. The molecule has 4 heterocycles. The molecule has 66 heavy (non-hydrogen) atoms. The quantitative estimate of drug-likeness (QED) is 0.165. The second-order valence-corrected chi connectivity index (χ2v) is 28.9. The lowest BCUT2D eigenvalue weighted by molar-refractivity contribution is 0.657. The summed E-state index contributed by atoms with van der Waals surface area (Å²) in [5.74, 6) is 0. The summed E-state index contributed by atoms with van der Waals surface area (Å²) in [6, 6.07) is 65.1. The summed E-state index contributed by atoms with van der Waals surface area (Å²) < 4.78 is 13.8. The molecule has 11 aromatic rings. The average Bonchev–Trinajstić information content (AvgIpc) is 4.09. The van der Waals surface area contributed by atoms with Gasteiger partial charge in [-0.25, -0.2) is 0 Å². The lowest BCUT2D eigenvalue weighted by Crippen LogP contribution is -2.63. The van der Waals surface area contributed by atoms with Crippen molar-refractivity contribution in [2.45, 2.75) is 45.5 Å². The zero-order chi connectivity index (χ0) is 44.4. The van der Waals surface area contributed by atoms with E-state index in [1.807, 2.05) is 0 Å².